The summed E-state index contributed by atoms with van der Waals surface area (Å²) in [5.41, 5.74) is 1.33. The summed E-state index contributed by atoms with van der Waals surface area (Å²) in [6, 6.07) is 5.74. The molecule has 0 aromatic carbocycles. The number of imidazole rings is 1. The van der Waals surface area contributed by atoms with E-state index in [0.29, 0.717) is 28.8 Å². The van der Waals surface area contributed by atoms with Gasteiger partial charge in [0.2, 0.25) is 0 Å². The quantitative estimate of drug-likeness (QED) is 0.678. The molecule has 0 saturated heterocycles. The summed E-state index contributed by atoms with van der Waals surface area (Å²) < 4.78 is 16.1. The zero-order chi connectivity index (χ0) is 15.4. The van der Waals surface area contributed by atoms with Crippen LogP contribution in [0.5, 0.6) is 0 Å². The van der Waals surface area contributed by atoms with Crippen LogP contribution in [0.15, 0.2) is 53.3 Å². The number of aryl methyl sites for hydroxylation is 1. The summed E-state index contributed by atoms with van der Waals surface area (Å²) in [6.45, 7) is 2.44. The van der Waals surface area contributed by atoms with E-state index >= 15 is 0 Å². The van der Waals surface area contributed by atoms with Gasteiger partial charge in [-0.05, 0) is 30.3 Å². The van der Waals surface area contributed by atoms with Gasteiger partial charge in [0.25, 0.3) is 0 Å². The molecule has 0 amide bonds. The molecule has 0 atom stereocenters. The van der Waals surface area contributed by atoms with E-state index in [-0.39, 0.29) is 5.82 Å². The number of pyridine rings is 1. The van der Waals surface area contributed by atoms with E-state index in [0.717, 1.165) is 5.69 Å². The summed E-state index contributed by atoms with van der Waals surface area (Å²) >= 11 is 1.19. The maximum Gasteiger partial charge on any atom is 0.177 e. The lowest BCUT2D eigenvalue weighted by atomic mass is 10.3. The predicted molar refractivity (Wildman–Crippen MR) is 81.1 cm³/mol. The van der Waals surface area contributed by atoms with E-state index in [1.807, 2.05) is 35.9 Å². The predicted octanol–water partition coefficient (Wildman–Crippen LogP) is 2.97. The Morgan fingerprint density at radius 3 is 2.82 bits per heavy atom. The maximum atomic E-state index is 14.2. The summed E-state index contributed by atoms with van der Waals surface area (Å²) in [7, 11) is 0. The van der Waals surface area contributed by atoms with Crippen LogP contribution in [0, 0.1) is 5.82 Å². The highest BCUT2D eigenvalue weighted by atomic mass is 32.2. The van der Waals surface area contributed by atoms with Crippen molar-refractivity contribution in [2.24, 2.45) is 0 Å². The Labute approximate surface area is 131 Å². The minimum absolute atomic E-state index is 0.292. The molecule has 112 valence electrons. The molecule has 0 spiro atoms. The van der Waals surface area contributed by atoms with Crippen molar-refractivity contribution < 1.29 is 4.39 Å². The zero-order valence-corrected chi connectivity index (χ0v) is 12.8. The molecule has 3 aromatic rings. The van der Waals surface area contributed by atoms with Crippen molar-refractivity contribution in [3.8, 4) is 0 Å². The van der Waals surface area contributed by atoms with Crippen LogP contribution in [-0.4, -0.2) is 24.5 Å². The molecule has 22 heavy (non-hydrogen) atoms. The lowest BCUT2D eigenvalue weighted by molar-refractivity contribution is 0.558. The van der Waals surface area contributed by atoms with Crippen molar-refractivity contribution in [2.45, 2.75) is 30.1 Å². The van der Waals surface area contributed by atoms with Crippen LogP contribution in [0.1, 0.15) is 18.3 Å². The van der Waals surface area contributed by atoms with Gasteiger partial charge in [0.1, 0.15) is 11.4 Å². The fourth-order valence-electron chi connectivity index (χ4n) is 1.98. The normalized spacial score (nSPS) is 10.8. The Morgan fingerprint density at radius 2 is 2.05 bits per heavy atom. The van der Waals surface area contributed by atoms with Gasteiger partial charge >= 0.3 is 0 Å². The lowest BCUT2D eigenvalue weighted by Crippen LogP contribution is -2.03. The monoisotopic (exact) mass is 315 g/mol. The molecule has 0 aliphatic rings. The van der Waals surface area contributed by atoms with E-state index < -0.39 is 0 Å². The van der Waals surface area contributed by atoms with Crippen LogP contribution in [0.2, 0.25) is 0 Å². The zero-order valence-electron chi connectivity index (χ0n) is 12.0. The van der Waals surface area contributed by atoms with E-state index in [4.69, 9.17) is 0 Å². The molecule has 3 heterocycles. The third-order valence-electron chi connectivity index (χ3n) is 3.09. The van der Waals surface area contributed by atoms with Crippen LogP contribution in [-0.2, 0) is 13.0 Å². The molecule has 0 saturated carbocycles. The van der Waals surface area contributed by atoms with E-state index in [1.54, 1.807) is 12.4 Å². The first kappa shape index (κ1) is 14.6. The number of aromatic nitrogens is 5. The Morgan fingerprint density at radius 1 is 1.14 bits per heavy atom. The van der Waals surface area contributed by atoms with Gasteiger partial charge < -0.3 is 4.57 Å². The summed E-state index contributed by atoms with van der Waals surface area (Å²) in [5.74, 6) is -0.373. The topological polar surface area (TPSA) is 56.5 Å². The average molecular weight is 315 g/mol. The summed E-state index contributed by atoms with van der Waals surface area (Å²) in [6.07, 6.45) is 7.19. The van der Waals surface area contributed by atoms with Gasteiger partial charge in [0, 0.05) is 18.6 Å². The smallest absolute Gasteiger partial charge is 0.177 e. The SMILES string of the molecule is CCc1ncnc(Sc2nccn2Cc2ccccn2)c1F. The Kier molecular flexibility index (Phi) is 4.43. The van der Waals surface area contributed by atoms with Gasteiger partial charge in [-0.1, -0.05) is 13.0 Å². The first-order valence-corrected chi connectivity index (χ1v) is 7.68. The highest BCUT2D eigenvalue weighted by Crippen LogP contribution is 2.27. The van der Waals surface area contributed by atoms with Gasteiger partial charge in [0.05, 0.1) is 17.9 Å². The van der Waals surface area contributed by atoms with E-state index in [2.05, 4.69) is 19.9 Å². The largest absolute Gasteiger partial charge is 0.320 e. The van der Waals surface area contributed by atoms with Crippen molar-refractivity contribution in [3.63, 3.8) is 0 Å². The second-order valence-corrected chi connectivity index (χ2v) is 5.51. The number of nitrogens with zero attached hydrogens (tertiary/aromatic N) is 5. The van der Waals surface area contributed by atoms with Gasteiger partial charge in [-0.25, -0.2) is 19.3 Å². The fourth-order valence-corrected chi connectivity index (χ4v) is 2.82. The molecular weight excluding hydrogens is 301 g/mol. The van der Waals surface area contributed by atoms with Gasteiger partial charge in [0.15, 0.2) is 11.0 Å². The summed E-state index contributed by atoms with van der Waals surface area (Å²) in [5, 5.41) is 0.964. The number of hydrogen-bond donors (Lipinski definition) is 0. The number of hydrogen-bond acceptors (Lipinski definition) is 5. The van der Waals surface area contributed by atoms with Gasteiger partial charge in [-0.3, -0.25) is 4.98 Å². The van der Waals surface area contributed by atoms with E-state index in [9.17, 15) is 4.39 Å². The second-order valence-electron chi connectivity index (χ2n) is 4.55. The first-order chi connectivity index (χ1) is 10.8. The highest BCUT2D eigenvalue weighted by molar-refractivity contribution is 7.99. The van der Waals surface area contributed by atoms with Gasteiger partial charge in [-0.2, -0.15) is 0 Å². The van der Waals surface area contributed by atoms with Crippen molar-refractivity contribution in [2.75, 3.05) is 0 Å². The second kappa shape index (κ2) is 6.65. The standard InChI is InChI=1S/C15H14FN5S/c1-2-12-13(16)14(20-10-19-12)22-15-18-7-8-21(15)9-11-5-3-4-6-17-11/h3-8,10H,2,9H2,1H3. The fraction of sp³-hybridized carbons (Fsp3) is 0.200. The summed E-state index contributed by atoms with van der Waals surface area (Å²) in [4.78, 5) is 16.5. The van der Waals surface area contributed by atoms with Crippen LogP contribution in [0.25, 0.3) is 0 Å². The molecule has 0 unspecified atom stereocenters. The third kappa shape index (κ3) is 3.14. The molecule has 0 fully saturated rings. The Bertz CT molecular complexity index is 760. The Hall–Kier alpha value is -2.28. The molecule has 5 nitrogen and oxygen atoms in total. The average Bonchev–Trinajstić information content (AvgIpc) is 2.97. The minimum Gasteiger partial charge on any atom is -0.320 e. The molecule has 0 bridgehead atoms. The third-order valence-corrected chi connectivity index (χ3v) is 4.09. The van der Waals surface area contributed by atoms with Crippen LogP contribution in [0.4, 0.5) is 4.39 Å². The molecule has 3 aromatic heterocycles. The maximum absolute atomic E-state index is 14.2. The molecule has 0 radical (unpaired) electrons. The Balaban J connectivity index is 1.84. The van der Waals surface area contributed by atoms with Crippen molar-refractivity contribution in [1.29, 1.82) is 0 Å². The molecule has 0 N–H and O–H groups in total. The van der Waals surface area contributed by atoms with Crippen molar-refractivity contribution in [1.82, 2.24) is 24.5 Å². The van der Waals surface area contributed by atoms with Crippen LogP contribution in [0.3, 0.4) is 0 Å². The molecule has 0 aliphatic heterocycles. The first-order valence-electron chi connectivity index (χ1n) is 6.86. The van der Waals surface area contributed by atoms with E-state index in [1.165, 1.54) is 18.1 Å². The molecule has 3 rings (SSSR count). The van der Waals surface area contributed by atoms with Crippen molar-refractivity contribution >= 4 is 11.8 Å². The van der Waals surface area contributed by atoms with Gasteiger partial charge in [-0.15, -0.1) is 0 Å². The minimum atomic E-state index is -0.373. The number of rotatable bonds is 5. The van der Waals surface area contributed by atoms with Crippen molar-refractivity contribution in [3.05, 3.63) is 60.3 Å². The lowest BCUT2D eigenvalue weighted by Gasteiger charge is -2.08. The molecule has 0 aliphatic carbocycles. The van der Waals surface area contributed by atoms with Crippen LogP contribution >= 0.6 is 11.8 Å². The number of halogens is 1. The highest BCUT2D eigenvalue weighted by Gasteiger charge is 2.14. The molecule has 7 heteroatoms. The van der Waals surface area contributed by atoms with Crippen LogP contribution < -0.4 is 0 Å². The molecular formula is C15H14FN5S.